The minimum absolute atomic E-state index is 0.575. The number of thiocarbonyl (C=S) groups is 1. The first kappa shape index (κ1) is 15.1. The lowest BCUT2D eigenvalue weighted by molar-refractivity contribution is 0.415. The van der Waals surface area contributed by atoms with Crippen LogP contribution < -0.4 is 20.7 Å². The molecule has 0 saturated heterocycles. The molecule has 110 valence electrons. The van der Waals surface area contributed by atoms with Crippen molar-refractivity contribution >= 4 is 28.8 Å². The maximum Gasteiger partial charge on any atom is 0.170 e. The number of hydrogen-bond donors (Lipinski definition) is 3. The van der Waals surface area contributed by atoms with Crippen molar-refractivity contribution in [1.29, 1.82) is 0 Å². The summed E-state index contributed by atoms with van der Waals surface area (Å²) in [4.78, 5) is 4.18. The first-order valence-corrected chi connectivity index (χ1v) is 7.02. The van der Waals surface area contributed by atoms with E-state index in [9.17, 15) is 0 Å². The van der Waals surface area contributed by atoms with Crippen molar-refractivity contribution in [2.24, 2.45) is 0 Å². The van der Waals surface area contributed by atoms with Gasteiger partial charge in [0, 0.05) is 31.0 Å². The SMILES string of the molecule is COc1cccc(NC(=S)NCCNc2ccccn2)c1. The maximum absolute atomic E-state index is 5.24. The molecule has 21 heavy (non-hydrogen) atoms. The molecule has 0 radical (unpaired) electrons. The normalized spacial score (nSPS) is 9.76. The van der Waals surface area contributed by atoms with Crippen molar-refractivity contribution in [2.45, 2.75) is 0 Å². The first-order valence-electron chi connectivity index (χ1n) is 6.62. The van der Waals surface area contributed by atoms with Crippen LogP contribution in [0.2, 0.25) is 0 Å². The Morgan fingerprint density at radius 2 is 2.10 bits per heavy atom. The van der Waals surface area contributed by atoms with Gasteiger partial charge in [0.1, 0.15) is 11.6 Å². The van der Waals surface area contributed by atoms with Crippen molar-refractivity contribution in [3.63, 3.8) is 0 Å². The third-order valence-corrected chi connectivity index (χ3v) is 2.96. The highest BCUT2D eigenvalue weighted by Crippen LogP contribution is 2.16. The molecule has 0 aliphatic heterocycles. The van der Waals surface area contributed by atoms with Crippen molar-refractivity contribution in [2.75, 3.05) is 30.8 Å². The third kappa shape index (κ3) is 5.27. The van der Waals surface area contributed by atoms with Crippen LogP contribution in [-0.2, 0) is 0 Å². The molecule has 0 unspecified atom stereocenters. The highest BCUT2D eigenvalue weighted by molar-refractivity contribution is 7.80. The highest BCUT2D eigenvalue weighted by Gasteiger charge is 1.99. The standard InChI is InChI=1S/C15H18N4OS/c1-20-13-6-4-5-12(11-13)19-15(21)18-10-9-17-14-7-2-3-8-16-14/h2-8,11H,9-10H2,1H3,(H,16,17)(H2,18,19,21). The van der Waals surface area contributed by atoms with E-state index in [-0.39, 0.29) is 0 Å². The van der Waals surface area contributed by atoms with Crippen LogP contribution in [0, 0.1) is 0 Å². The number of ether oxygens (including phenoxy) is 1. The van der Waals surface area contributed by atoms with Gasteiger partial charge >= 0.3 is 0 Å². The summed E-state index contributed by atoms with van der Waals surface area (Å²) >= 11 is 5.24. The molecule has 0 fully saturated rings. The number of benzene rings is 1. The molecule has 5 nitrogen and oxygen atoms in total. The van der Waals surface area contributed by atoms with Crippen LogP contribution in [0.1, 0.15) is 0 Å². The lowest BCUT2D eigenvalue weighted by Crippen LogP contribution is -2.32. The van der Waals surface area contributed by atoms with Gasteiger partial charge in [-0.05, 0) is 36.5 Å². The first-order chi connectivity index (χ1) is 10.3. The van der Waals surface area contributed by atoms with Gasteiger partial charge in [-0.1, -0.05) is 12.1 Å². The van der Waals surface area contributed by atoms with Gasteiger partial charge in [0.2, 0.25) is 0 Å². The zero-order valence-electron chi connectivity index (χ0n) is 11.8. The zero-order chi connectivity index (χ0) is 14.9. The lowest BCUT2D eigenvalue weighted by atomic mass is 10.3. The molecule has 0 saturated carbocycles. The Morgan fingerprint density at radius 1 is 1.19 bits per heavy atom. The summed E-state index contributed by atoms with van der Waals surface area (Å²) < 4.78 is 5.16. The van der Waals surface area contributed by atoms with Crippen LogP contribution in [0.5, 0.6) is 5.75 Å². The Bertz CT molecular complexity index is 577. The lowest BCUT2D eigenvalue weighted by Gasteiger charge is -2.12. The average Bonchev–Trinajstić information content (AvgIpc) is 2.53. The smallest absolute Gasteiger partial charge is 0.170 e. The van der Waals surface area contributed by atoms with E-state index in [4.69, 9.17) is 17.0 Å². The largest absolute Gasteiger partial charge is 0.497 e. The van der Waals surface area contributed by atoms with Gasteiger partial charge in [-0.2, -0.15) is 0 Å². The number of nitrogens with one attached hydrogen (secondary N) is 3. The molecule has 1 aromatic carbocycles. The molecule has 2 rings (SSSR count). The quantitative estimate of drug-likeness (QED) is 0.563. The number of rotatable bonds is 6. The molecule has 3 N–H and O–H groups in total. The fraction of sp³-hybridized carbons (Fsp3) is 0.200. The number of pyridine rings is 1. The van der Waals surface area contributed by atoms with Crippen molar-refractivity contribution in [1.82, 2.24) is 10.3 Å². The Balaban J connectivity index is 1.70. The third-order valence-electron chi connectivity index (χ3n) is 2.71. The number of anilines is 2. The molecule has 2 aromatic rings. The predicted octanol–water partition coefficient (Wildman–Crippen LogP) is 2.49. The Labute approximate surface area is 129 Å². The second-order valence-corrected chi connectivity index (χ2v) is 4.66. The highest BCUT2D eigenvalue weighted by atomic mass is 32.1. The molecule has 1 heterocycles. The molecule has 0 spiro atoms. The Morgan fingerprint density at radius 3 is 2.86 bits per heavy atom. The summed E-state index contributed by atoms with van der Waals surface area (Å²) in [6.45, 7) is 1.43. The van der Waals surface area contributed by atoms with Gasteiger partial charge in [0.05, 0.1) is 7.11 Å². The van der Waals surface area contributed by atoms with Gasteiger partial charge in [-0.3, -0.25) is 0 Å². The Kier molecular flexibility index (Phi) is 5.78. The minimum atomic E-state index is 0.575. The maximum atomic E-state index is 5.24. The summed E-state index contributed by atoms with van der Waals surface area (Å²) in [6, 6.07) is 13.4. The summed E-state index contributed by atoms with van der Waals surface area (Å²) in [5.41, 5.74) is 0.893. The molecule has 0 bridgehead atoms. The molecule has 1 aromatic heterocycles. The molecule has 0 amide bonds. The van der Waals surface area contributed by atoms with Crippen LogP contribution in [0.15, 0.2) is 48.7 Å². The molecule has 0 aliphatic carbocycles. The monoisotopic (exact) mass is 302 g/mol. The summed E-state index contributed by atoms with van der Waals surface area (Å²) in [7, 11) is 1.64. The van der Waals surface area contributed by atoms with E-state index >= 15 is 0 Å². The topological polar surface area (TPSA) is 58.2 Å². The van der Waals surface area contributed by atoms with E-state index in [1.807, 2.05) is 42.5 Å². The second kappa shape index (κ2) is 8.06. The molecular formula is C15H18N4OS. The van der Waals surface area contributed by atoms with Crippen LogP contribution in [0.4, 0.5) is 11.5 Å². The van der Waals surface area contributed by atoms with E-state index in [1.54, 1.807) is 13.3 Å². The van der Waals surface area contributed by atoms with Crippen molar-refractivity contribution in [3.8, 4) is 5.75 Å². The van der Waals surface area contributed by atoms with Gasteiger partial charge in [-0.25, -0.2) is 4.98 Å². The second-order valence-electron chi connectivity index (χ2n) is 4.25. The van der Waals surface area contributed by atoms with E-state index in [2.05, 4.69) is 20.9 Å². The van der Waals surface area contributed by atoms with E-state index < -0.39 is 0 Å². The number of hydrogen-bond acceptors (Lipinski definition) is 4. The molecule has 6 heteroatoms. The summed E-state index contributed by atoms with van der Waals surface area (Å²) in [5.74, 6) is 1.64. The number of aromatic nitrogens is 1. The van der Waals surface area contributed by atoms with Crippen LogP contribution in [0.3, 0.4) is 0 Å². The van der Waals surface area contributed by atoms with Crippen LogP contribution >= 0.6 is 12.2 Å². The van der Waals surface area contributed by atoms with Crippen LogP contribution in [-0.4, -0.2) is 30.3 Å². The van der Waals surface area contributed by atoms with E-state index in [1.165, 1.54) is 0 Å². The number of methoxy groups -OCH3 is 1. The molecule has 0 atom stereocenters. The number of nitrogens with zero attached hydrogens (tertiary/aromatic N) is 1. The fourth-order valence-corrected chi connectivity index (χ4v) is 1.93. The zero-order valence-corrected chi connectivity index (χ0v) is 12.6. The van der Waals surface area contributed by atoms with Gasteiger partial charge in [-0.15, -0.1) is 0 Å². The Hall–Kier alpha value is -2.34. The van der Waals surface area contributed by atoms with E-state index in [0.717, 1.165) is 23.8 Å². The van der Waals surface area contributed by atoms with Gasteiger partial charge < -0.3 is 20.7 Å². The average molecular weight is 302 g/mol. The fourth-order valence-electron chi connectivity index (χ4n) is 1.71. The summed E-state index contributed by atoms with van der Waals surface area (Å²) in [5, 5.41) is 10.0. The predicted molar refractivity (Wildman–Crippen MR) is 89.9 cm³/mol. The van der Waals surface area contributed by atoms with Crippen LogP contribution in [0.25, 0.3) is 0 Å². The van der Waals surface area contributed by atoms with Gasteiger partial charge in [0.25, 0.3) is 0 Å². The summed E-state index contributed by atoms with van der Waals surface area (Å²) in [6.07, 6.45) is 1.75. The van der Waals surface area contributed by atoms with Gasteiger partial charge in [0.15, 0.2) is 5.11 Å². The molecule has 0 aliphatic rings. The van der Waals surface area contributed by atoms with Crippen molar-refractivity contribution < 1.29 is 4.74 Å². The minimum Gasteiger partial charge on any atom is -0.497 e. The molecular weight excluding hydrogens is 284 g/mol. The van der Waals surface area contributed by atoms with Crippen molar-refractivity contribution in [3.05, 3.63) is 48.7 Å². The van der Waals surface area contributed by atoms with E-state index in [0.29, 0.717) is 11.7 Å².